The molecule has 0 saturated carbocycles. The quantitative estimate of drug-likeness (QED) is 0.278. The Morgan fingerprint density at radius 3 is 2.30 bits per heavy atom. The lowest BCUT2D eigenvalue weighted by molar-refractivity contribution is -0.142. The van der Waals surface area contributed by atoms with Crippen LogP contribution < -0.4 is 10.1 Å². The molecule has 3 rings (SSSR count). The first-order chi connectivity index (χ1) is 15.9. The SMILES string of the molecule is O=C(CCCC(=O)OCC(=O)c1ccc(OC(=O)c2ccco2)cc1)Nc1ccc(F)cc1. The van der Waals surface area contributed by atoms with Crippen LogP contribution in [0.15, 0.2) is 71.3 Å². The van der Waals surface area contributed by atoms with E-state index in [4.69, 9.17) is 13.9 Å². The van der Waals surface area contributed by atoms with Gasteiger partial charge in [-0.3, -0.25) is 14.4 Å². The predicted octanol–water partition coefficient (Wildman–Crippen LogP) is 4.17. The minimum absolute atomic E-state index is 0.0359. The van der Waals surface area contributed by atoms with Crippen molar-refractivity contribution in [3.8, 4) is 5.75 Å². The van der Waals surface area contributed by atoms with E-state index in [1.54, 1.807) is 6.07 Å². The molecule has 0 fully saturated rings. The van der Waals surface area contributed by atoms with Gasteiger partial charge in [-0.25, -0.2) is 9.18 Å². The Bertz CT molecular complexity index is 1110. The fourth-order valence-corrected chi connectivity index (χ4v) is 2.71. The minimum atomic E-state index is -0.667. The zero-order chi connectivity index (χ0) is 23.6. The van der Waals surface area contributed by atoms with Crippen LogP contribution in [0.1, 0.15) is 40.2 Å². The summed E-state index contributed by atoms with van der Waals surface area (Å²) >= 11 is 0. The summed E-state index contributed by atoms with van der Waals surface area (Å²) < 4.78 is 27.9. The van der Waals surface area contributed by atoms with E-state index < -0.39 is 30.1 Å². The molecule has 2 aromatic carbocycles. The molecular formula is C24H20FNO7. The van der Waals surface area contributed by atoms with Crippen molar-refractivity contribution in [2.75, 3.05) is 11.9 Å². The molecule has 0 saturated heterocycles. The Kier molecular flexibility index (Phi) is 8.07. The molecule has 33 heavy (non-hydrogen) atoms. The maximum Gasteiger partial charge on any atom is 0.379 e. The van der Waals surface area contributed by atoms with Crippen LogP contribution in [0.3, 0.4) is 0 Å². The highest BCUT2D eigenvalue weighted by Gasteiger charge is 2.14. The first kappa shape index (κ1) is 23.4. The Balaban J connectivity index is 1.35. The van der Waals surface area contributed by atoms with Crippen molar-refractivity contribution in [1.82, 2.24) is 0 Å². The van der Waals surface area contributed by atoms with Crippen molar-refractivity contribution in [3.63, 3.8) is 0 Å². The largest absolute Gasteiger partial charge is 0.457 e. The highest BCUT2D eigenvalue weighted by atomic mass is 19.1. The number of ketones is 1. The maximum absolute atomic E-state index is 12.9. The second-order valence-electron chi connectivity index (χ2n) is 6.88. The van der Waals surface area contributed by atoms with Crippen LogP contribution in [0, 0.1) is 5.82 Å². The summed E-state index contributed by atoms with van der Waals surface area (Å²) in [4.78, 5) is 47.7. The summed E-state index contributed by atoms with van der Waals surface area (Å²) in [5.41, 5.74) is 0.732. The molecule has 0 aliphatic heterocycles. The summed E-state index contributed by atoms with van der Waals surface area (Å²) in [6.07, 6.45) is 1.61. The fraction of sp³-hybridized carbons (Fsp3) is 0.167. The molecule has 0 radical (unpaired) electrons. The molecule has 3 aromatic rings. The molecule has 0 aliphatic carbocycles. The van der Waals surface area contributed by atoms with Crippen molar-refractivity contribution in [1.29, 1.82) is 0 Å². The average Bonchev–Trinajstić information content (AvgIpc) is 3.35. The van der Waals surface area contributed by atoms with Gasteiger partial charge in [0.05, 0.1) is 6.26 Å². The topological polar surface area (TPSA) is 112 Å². The molecule has 0 unspecified atom stereocenters. The van der Waals surface area contributed by atoms with Gasteiger partial charge in [0.15, 0.2) is 12.4 Å². The van der Waals surface area contributed by atoms with Crippen molar-refractivity contribution in [2.45, 2.75) is 19.3 Å². The minimum Gasteiger partial charge on any atom is -0.457 e. The number of Topliss-reactive ketones (excluding diaryl/α,β-unsaturated/α-hetero) is 1. The van der Waals surface area contributed by atoms with Gasteiger partial charge in [0.1, 0.15) is 11.6 Å². The average molecular weight is 453 g/mol. The Morgan fingerprint density at radius 2 is 1.64 bits per heavy atom. The Morgan fingerprint density at radius 1 is 0.909 bits per heavy atom. The van der Waals surface area contributed by atoms with Crippen LogP contribution in [0.4, 0.5) is 10.1 Å². The smallest absolute Gasteiger partial charge is 0.379 e. The molecule has 1 amide bonds. The molecule has 1 aromatic heterocycles. The standard InChI is InChI=1S/C24H20FNO7/c25-17-8-10-18(11-9-17)26-22(28)4-1-5-23(29)32-15-20(27)16-6-12-19(13-7-16)33-24(30)21-3-2-14-31-21/h2-3,6-14H,1,4-5,15H2,(H,26,28). The van der Waals surface area contributed by atoms with Gasteiger partial charge in [0.25, 0.3) is 0 Å². The van der Waals surface area contributed by atoms with Gasteiger partial charge >= 0.3 is 11.9 Å². The fourth-order valence-electron chi connectivity index (χ4n) is 2.71. The van der Waals surface area contributed by atoms with Gasteiger partial charge in [-0.05, 0) is 67.1 Å². The van der Waals surface area contributed by atoms with E-state index in [-0.39, 0.29) is 42.2 Å². The predicted molar refractivity (Wildman–Crippen MR) is 114 cm³/mol. The maximum atomic E-state index is 12.9. The molecule has 0 spiro atoms. The number of nitrogens with one attached hydrogen (secondary N) is 1. The normalized spacial score (nSPS) is 10.3. The number of anilines is 1. The van der Waals surface area contributed by atoms with Crippen molar-refractivity contribution < 1.29 is 37.5 Å². The van der Waals surface area contributed by atoms with E-state index in [1.165, 1.54) is 60.9 Å². The van der Waals surface area contributed by atoms with Crippen molar-refractivity contribution >= 4 is 29.3 Å². The van der Waals surface area contributed by atoms with E-state index in [2.05, 4.69) is 5.32 Å². The molecule has 0 aliphatic rings. The number of carbonyl (C=O) groups is 4. The monoisotopic (exact) mass is 453 g/mol. The number of ether oxygens (including phenoxy) is 2. The summed E-state index contributed by atoms with van der Waals surface area (Å²) in [6.45, 7) is -0.452. The third kappa shape index (κ3) is 7.42. The van der Waals surface area contributed by atoms with Gasteiger partial charge in [-0.1, -0.05) is 0 Å². The van der Waals surface area contributed by atoms with Gasteiger partial charge in [-0.15, -0.1) is 0 Å². The molecule has 0 bridgehead atoms. The lowest BCUT2D eigenvalue weighted by atomic mass is 10.1. The number of esters is 2. The number of benzene rings is 2. The van der Waals surface area contributed by atoms with Crippen LogP contribution in [0.5, 0.6) is 5.75 Å². The van der Waals surface area contributed by atoms with Gasteiger partial charge in [0.2, 0.25) is 11.7 Å². The number of halogens is 1. The molecule has 9 heteroatoms. The highest BCUT2D eigenvalue weighted by Crippen LogP contribution is 2.15. The molecule has 1 heterocycles. The number of amides is 1. The highest BCUT2D eigenvalue weighted by molar-refractivity contribution is 5.98. The van der Waals surface area contributed by atoms with Crippen LogP contribution >= 0.6 is 0 Å². The van der Waals surface area contributed by atoms with Crippen molar-refractivity contribution in [2.24, 2.45) is 0 Å². The van der Waals surface area contributed by atoms with Crippen molar-refractivity contribution in [3.05, 3.63) is 84.1 Å². The lowest BCUT2D eigenvalue weighted by Gasteiger charge is -2.07. The molecule has 0 atom stereocenters. The summed E-state index contributed by atoms with van der Waals surface area (Å²) in [7, 11) is 0. The summed E-state index contributed by atoms with van der Waals surface area (Å²) in [5, 5.41) is 2.59. The number of rotatable bonds is 10. The second kappa shape index (κ2) is 11.4. The number of carbonyl (C=O) groups excluding carboxylic acids is 4. The van der Waals surface area contributed by atoms with E-state index in [0.29, 0.717) is 5.69 Å². The van der Waals surface area contributed by atoms with Gasteiger partial charge in [0, 0.05) is 24.1 Å². The zero-order valence-corrected chi connectivity index (χ0v) is 17.4. The summed E-state index contributed by atoms with van der Waals surface area (Å²) in [6, 6.07) is 14.1. The number of furan rings is 1. The van der Waals surface area contributed by atoms with Gasteiger partial charge in [-0.2, -0.15) is 0 Å². The Labute approximate surface area is 188 Å². The summed E-state index contributed by atoms with van der Waals surface area (Å²) in [5.74, 6) is -2.16. The van der Waals surface area contributed by atoms with Crippen LogP contribution in [-0.2, 0) is 14.3 Å². The number of hydrogen-bond donors (Lipinski definition) is 1. The van der Waals surface area contributed by atoms with Crippen LogP contribution in [-0.4, -0.2) is 30.2 Å². The third-order valence-electron chi connectivity index (χ3n) is 4.39. The molecule has 8 nitrogen and oxygen atoms in total. The first-order valence-corrected chi connectivity index (χ1v) is 10.0. The van der Waals surface area contributed by atoms with Gasteiger partial charge < -0.3 is 19.2 Å². The second-order valence-corrected chi connectivity index (χ2v) is 6.88. The Hall–Kier alpha value is -4.27. The first-order valence-electron chi connectivity index (χ1n) is 10.0. The van der Waals surface area contributed by atoms with E-state index >= 15 is 0 Å². The van der Waals surface area contributed by atoms with E-state index in [0.717, 1.165) is 0 Å². The molecular weight excluding hydrogens is 433 g/mol. The molecule has 1 N–H and O–H groups in total. The lowest BCUT2D eigenvalue weighted by Crippen LogP contribution is -2.15. The van der Waals surface area contributed by atoms with Crippen LogP contribution in [0.25, 0.3) is 0 Å². The zero-order valence-electron chi connectivity index (χ0n) is 17.4. The number of hydrogen-bond acceptors (Lipinski definition) is 7. The van der Waals surface area contributed by atoms with Crippen LogP contribution in [0.2, 0.25) is 0 Å². The third-order valence-corrected chi connectivity index (χ3v) is 4.39. The van der Waals surface area contributed by atoms with E-state index in [9.17, 15) is 23.6 Å². The molecule has 170 valence electrons. The van der Waals surface area contributed by atoms with E-state index in [1.807, 2.05) is 0 Å².